The number of methoxy groups -OCH3 is 1. The van der Waals surface area contributed by atoms with Crippen molar-refractivity contribution in [3.8, 4) is 5.75 Å². The van der Waals surface area contributed by atoms with E-state index in [0.717, 1.165) is 24.9 Å². The van der Waals surface area contributed by atoms with Crippen molar-refractivity contribution in [3.05, 3.63) is 65.7 Å². The van der Waals surface area contributed by atoms with E-state index in [1.807, 2.05) is 18.2 Å². The van der Waals surface area contributed by atoms with E-state index in [9.17, 15) is 13.2 Å². The van der Waals surface area contributed by atoms with Crippen LogP contribution in [-0.2, 0) is 10.0 Å². The maximum atomic E-state index is 13.4. The second-order valence-electron chi connectivity index (χ2n) is 9.35. The normalized spacial score (nSPS) is 18.7. The van der Waals surface area contributed by atoms with Crippen molar-refractivity contribution in [2.75, 3.05) is 52.9 Å². The predicted molar refractivity (Wildman–Crippen MR) is 138 cm³/mol. The highest BCUT2D eigenvalue weighted by molar-refractivity contribution is 7.89. The third kappa shape index (κ3) is 6.12. The van der Waals surface area contributed by atoms with Gasteiger partial charge in [-0.2, -0.15) is 4.31 Å². The Bertz CT molecular complexity index is 1130. The van der Waals surface area contributed by atoms with Crippen LogP contribution in [0.4, 0.5) is 0 Å². The Balaban J connectivity index is 1.41. The number of benzene rings is 2. The van der Waals surface area contributed by atoms with Crippen molar-refractivity contribution in [1.82, 2.24) is 14.1 Å². The molecule has 2 saturated heterocycles. The van der Waals surface area contributed by atoms with Crippen molar-refractivity contribution < 1.29 is 17.9 Å². The maximum Gasteiger partial charge on any atom is 0.257 e. The summed E-state index contributed by atoms with van der Waals surface area (Å²) in [5.74, 6) is 0.837. The van der Waals surface area contributed by atoms with Gasteiger partial charge in [-0.3, -0.25) is 9.69 Å². The first-order chi connectivity index (χ1) is 16.9. The zero-order chi connectivity index (χ0) is 24.8. The van der Waals surface area contributed by atoms with Crippen LogP contribution in [0.2, 0.25) is 0 Å². The zero-order valence-electron chi connectivity index (χ0n) is 20.6. The number of likely N-dealkylation sites (tertiary alicyclic amines) is 1. The number of hydrogen-bond acceptors (Lipinski definition) is 5. The van der Waals surface area contributed by atoms with Crippen molar-refractivity contribution >= 4 is 22.0 Å². The topological polar surface area (TPSA) is 70.2 Å². The van der Waals surface area contributed by atoms with E-state index in [-0.39, 0.29) is 10.8 Å². The lowest BCUT2D eigenvalue weighted by atomic mass is 9.98. The number of ether oxygens (including phenoxy) is 1. The Morgan fingerprint density at radius 1 is 1.00 bits per heavy atom. The van der Waals surface area contributed by atoms with Gasteiger partial charge in [0.25, 0.3) is 5.91 Å². The molecule has 2 aliphatic rings. The molecule has 2 heterocycles. The lowest BCUT2D eigenvalue weighted by Gasteiger charge is -2.33. The molecule has 188 valence electrons. The number of sulfonamides is 1. The molecule has 2 fully saturated rings. The highest BCUT2D eigenvalue weighted by atomic mass is 32.2. The standard InChI is InChI=1S/C27H35N3O4S/c1-22-12-15-29(16-13-22)27(31)25-21-24(10-11-26(25)34-2)35(32,33)30-19-17-28(18-20-30)14-6-9-23-7-4-3-5-8-23/h3-11,21-22H,12-20H2,1-2H3/b9-6+. The number of piperazine rings is 1. The summed E-state index contributed by atoms with van der Waals surface area (Å²) < 4.78 is 33.8. The SMILES string of the molecule is COc1ccc(S(=O)(=O)N2CCN(C/C=C/c3ccccc3)CC2)cc1C(=O)N1CCC(C)CC1. The van der Waals surface area contributed by atoms with Gasteiger partial charge in [0, 0.05) is 45.8 Å². The summed E-state index contributed by atoms with van der Waals surface area (Å²) in [6.45, 7) is 6.48. The lowest BCUT2D eigenvalue weighted by molar-refractivity contribution is 0.0693. The fourth-order valence-corrected chi connectivity index (χ4v) is 6.05. The lowest BCUT2D eigenvalue weighted by Crippen LogP contribution is -2.48. The van der Waals surface area contributed by atoms with E-state index >= 15 is 0 Å². The molecule has 0 saturated carbocycles. The summed E-state index contributed by atoms with van der Waals surface area (Å²) >= 11 is 0. The van der Waals surface area contributed by atoms with Gasteiger partial charge >= 0.3 is 0 Å². The fourth-order valence-electron chi connectivity index (χ4n) is 4.60. The molecule has 0 bridgehead atoms. The Kier molecular flexibility index (Phi) is 8.26. The Morgan fingerprint density at radius 3 is 2.34 bits per heavy atom. The number of piperidine rings is 1. The van der Waals surface area contributed by atoms with Gasteiger partial charge in [-0.05, 0) is 42.5 Å². The number of carbonyl (C=O) groups excluding carboxylic acids is 1. The van der Waals surface area contributed by atoms with Gasteiger partial charge in [-0.1, -0.05) is 49.4 Å². The fraction of sp³-hybridized carbons (Fsp3) is 0.444. The Hall–Kier alpha value is -2.68. The molecule has 0 aliphatic carbocycles. The van der Waals surface area contributed by atoms with Gasteiger partial charge in [-0.15, -0.1) is 0 Å². The largest absolute Gasteiger partial charge is 0.496 e. The third-order valence-electron chi connectivity index (χ3n) is 6.91. The summed E-state index contributed by atoms with van der Waals surface area (Å²) in [5, 5.41) is 0. The monoisotopic (exact) mass is 497 g/mol. The Morgan fingerprint density at radius 2 is 1.69 bits per heavy atom. The van der Waals surface area contributed by atoms with E-state index in [4.69, 9.17) is 4.74 Å². The molecular weight excluding hydrogens is 462 g/mol. The van der Waals surface area contributed by atoms with Gasteiger partial charge in [0.05, 0.1) is 17.6 Å². The predicted octanol–water partition coefficient (Wildman–Crippen LogP) is 3.59. The number of hydrogen-bond donors (Lipinski definition) is 0. The van der Waals surface area contributed by atoms with Crippen molar-refractivity contribution in [3.63, 3.8) is 0 Å². The van der Waals surface area contributed by atoms with E-state index in [1.54, 1.807) is 11.0 Å². The van der Waals surface area contributed by atoms with Crippen LogP contribution in [0.15, 0.2) is 59.5 Å². The summed E-state index contributed by atoms with van der Waals surface area (Å²) in [4.78, 5) is 17.4. The number of carbonyl (C=O) groups is 1. The molecule has 0 radical (unpaired) electrons. The minimum Gasteiger partial charge on any atom is -0.496 e. The molecule has 2 aromatic rings. The number of rotatable bonds is 7. The van der Waals surface area contributed by atoms with Gasteiger partial charge in [0.2, 0.25) is 10.0 Å². The molecule has 4 rings (SSSR count). The first kappa shape index (κ1) is 25.4. The van der Waals surface area contributed by atoms with Crippen molar-refractivity contribution in [2.45, 2.75) is 24.7 Å². The minimum atomic E-state index is -3.71. The smallest absolute Gasteiger partial charge is 0.257 e. The highest BCUT2D eigenvalue weighted by Gasteiger charge is 2.31. The van der Waals surface area contributed by atoms with Gasteiger partial charge < -0.3 is 9.64 Å². The van der Waals surface area contributed by atoms with Crippen LogP contribution >= 0.6 is 0 Å². The van der Waals surface area contributed by atoms with Gasteiger partial charge in [-0.25, -0.2) is 8.42 Å². The molecule has 7 nitrogen and oxygen atoms in total. The first-order valence-electron chi connectivity index (χ1n) is 12.3. The van der Waals surface area contributed by atoms with E-state index in [0.29, 0.717) is 56.5 Å². The summed E-state index contributed by atoms with van der Waals surface area (Å²) in [7, 11) is -2.20. The molecule has 0 unspecified atom stereocenters. The summed E-state index contributed by atoms with van der Waals surface area (Å²) in [6.07, 6.45) is 6.11. The molecule has 2 aliphatic heterocycles. The average molecular weight is 498 g/mol. The number of amides is 1. The minimum absolute atomic E-state index is 0.143. The van der Waals surface area contributed by atoms with E-state index < -0.39 is 10.0 Å². The molecule has 2 aromatic carbocycles. The number of nitrogens with zero attached hydrogens (tertiary/aromatic N) is 3. The second-order valence-corrected chi connectivity index (χ2v) is 11.3. The van der Waals surface area contributed by atoms with Crippen LogP contribution in [0.3, 0.4) is 0 Å². The molecular formula is C27H35N3O4S. The molecule has 8 heteroatoms. The van der Waals surface area contributed by atoms with Gasteiger partial charge in [0.15, 0.2) is 0 Å². The van der Waals surface area contributed by atoms with Crippen LogP contribution in [0.1, 0.15) is 35.7 Å². The zero-order valence-corrected chi connectivity index (χ0v) is 21.4. The Labute approximate surface area is 209 Å². The first-order valence-corrected chi connectivity index (χ1v) is 13.7. The average Bonchev–Trinajstić information content (AvgIpc) is 2.89. The third-order valence-corrected chi connectivity index (χ3v) is 8.81. The maximum absolute atomic E-state index is 13.4. The van der Waals surface area contributed by atoms with Crippen molar-refractivity contribution in [1.29, 1.82) is 0 Å². The summed E-state index contributed by atoms with van der Waals surface area (Å²) in [6, 6.07) is 14.7. The van der Waals surface area contributed by atoms with E-state index in [2.05, 4.69) is 36.1 Å². The molecule has 1 amide bonds. The molecule has 0 aromatic heterocycles. The quantitative estimate of drug-likeness (QED) is 0.585. The summed E-state index contributed by atoms with van der Waals surface area (Å²) in [5.41, 5.74) is 1.46. The van der Waals surface area contributed by atoms with Gasteiger partial charge in [0.1, 0.15) is 5.75 Å². The van der Waals surface area contributed by atoms with Crippen LogP contribution < -0.4 is 4.74 Å². The highest BCUT2D eigenvalue weighted by Crippen LogP contribution is 2.28. The molecule has 0 spiro atoms. The van der Waals surface area contributed by atoms with Crippen LogP contribution in [0.25, 0.3) is 6.08 Å². The van der Waals surface area contributed by atoms with E-state index in [1.165, 1.54) is 23.5 Å². The molecule has 0 N–H and O–H groups in total. The second kappa shape index (κ2) is 11.4. The van der Waals surface area contributed by atoms with Crippen molar-refractivity contribution in [2.24, 2.45) is 5.92 Å². The van der Waals surface area contributed by atoms with Crippen LogP contribution in [0.5, 0.6) is 5.75 Å². The van der Waals surface area contributed by atoms with Crippen LogP contribution in [-0.4, -0.2) is 81.4 Å². The molecule has 35 heavy (non-hydrogen) atoms. The molecule has 0 atom stereocenters. The van der Waals surface area contributed by atoms with Crippen LogP contribution in [0, 0.1) is 5.92 Å².